The molecule has 0 bridgehead atoms. The molecule has 0 unspecified atom stereocenters. The van der Waals surface area contributed by atoms with Gasteiger partial charge in [-0.15, -0.1) is 0 Å². The molecule has 1 aliphatic rings. The molecule has 166 valence electrons. The molecule has 2 aromatic carbocycles. The maximum atomic E-state index is 13.0. The minimum Gasteiger partial charge on any atom is -0.493 e. The number of allylic oxidation sites excluding steroid dienone is 2. The van der Waals surface area contributed by atoms with Crippen LogP contribution < -0.4 is 20.3 Å². The van der Waals surface area contributed by atoms with Gasteiger partial charge in [0.25, 0.3) is 5.56 Å². The summed E-state index contributed by atoms with van der Waals surface area (Å²) in [6, 6.07) is 13.0. The number of nitrogens with zero attached hydrogens (tertiary/aromatic N) is 1. The van der Waals surface area contributed by atoms with Gasteiger partial charge in [-0.25, -0.2) is 4.98 Å². The van der Waals surface area contributed by atoms with E-state index < -0.39 is 0 Å². The summed E-state index contributed by atoms with van der Waals surface area (Å²) in [5, 5.41) is 3.61. The zero-order chi connectivity index (χ0) is 22.5. The maximum Gasteiger partial charge on any atom is 0.258 e. The second-order valence-corrected chi connectivity index (χ2v) is 7.85. The molecule has 0 aliphatic heterocycles. The van der Waals surface area contributed by atoms with Gasteiger partial charge in [-0.3, -0.25) is 9.59 Å². The number of carbonyl (C=O) groups is 1. The first-order valence-corrected chi connectivity index (χ1v) is 10.7. The van der Waals surface area contributed by atoms with Crippen LogP contribution in [0, 0.1) is 5.92 Å². The van der Waals surface area contributed by atoms with Crippen LogP contribution in [0.3, 0.4) is 0 Å². The fourth-order valence-corrected chi connectivity index (χ4v) is 4.18. The minimum absolute atomic E-state index is 0.0318. The van der Waals surface area contributed by atoms with E-state index in [-0.39, 0.29) is 23.3 Å². The zero-order valence-electron chi connectivity index (χ0n) is 18.3. The van der Waals surface area contributed by atoms with Gasteiger partial charge in [0.15, 0.2) is 11.5 Å². The van der Waals surface area contributed by atoms with Crippen molar-refractivity contribution >= 4 is 16.8 Å². The molecule has 0 saturated carbocycles. The molecule has 1 heterocycles. The molecular formula is C25H27N3O4. The fourth-order valence-electron chi connectivity index (χ4n) is 4.18. The van der Waals surface area contributed by atoms with Crippen LogP contribution in [0.2, 0.25) is 0 Å². The Bertz CT molecular complexity index is 1200. The van der Waals surface area contributed by atoms with Crippen molar-refractivity contribution in [3.63, 3.8) is 0 Å². The molecule has 1 aromatic heterocycles. The SMILES string of the molecule is COc1ccc(CCNC(=O)[C@@H]2CC=CC[C@@H]2c2nc3ccccc3c(=O)[nH]2)cc1OC. The molecule has 0 radical (unpaired) electrons. The quantitative estimate of drug-likeness (QED) is 0.558. The van der Waals surface area contributed by atoms with E-state index in [1.54, 1.807) is 20.3 Å². The summed E-state index contributed by atoms with van der Waals surface area (Å²) >= 11 is 0. The number of amides is 1. The maximum absolute atomic E-state index is 13.0. The van der Waals surface area contributed by atoms with E-state index in [0.29, 0.717) is 54.0 Å². The Morgan fingerprint density at radius 1 is 1.09 bits per heavy atom. The molecule has 1 amide bonds. The third-order valence-electron chi connectivity index (χ3n) is 5.91. The van der Waals surface area contributed by atoms with Crippen molar-refractivity contribution in [2.45, 2.75) is 25.2 Å². The topological polar surface area (TPSA) is 93.3 Å². The van der Waals surface area contributed by atoms with Gasteiger partial charge in [0.05, 0.1) is 31.0 Å². The second kappa shape index (κ2) is 9.68. The lowest BCUT2D eigenvalue weighted by Gasteiger charge is -2.27. The first-order chi connectivity index (χ1) is 15.6. The first kappa shape index (κ1) is 21.6. The van der Waals surface area contributed by atoms with Gasteiger partial charge < -0.3 is 19.8 Å². The van der Waals surface area contributed by atoms with E-state index in [0.717, 1.165) is 5.56 Å². The first-order valence-electron chi connectivity index (χ1n) is 10.7. The molecule has 0 saturated heterocycles. The molecule has 3 aromatic rings. The molecule has 4 rings (SSSR count). The predicted octanol–water partition coefficient (Wildman–Crippen LogP) is 3.35. The number of benzene rings is 2. The van der Waals surface area contributed by atoms with Crippen LogP contribution in [0.5, 0.6) is 11.5 Å². The lowest BCUT2D eigenvalue weighted by atomic mass is 9.81. The van der Waals surface area contributed by atoms with E-state index in [1.807, 2.05) is 48.6 Å². The Morgan fingerprint density at radius 2 is 1.88 bits per heavy atom. The molecule has 2 N–H and O–H groups in total. The normalized spacial score (nSPS) is 17.8. The van der Waals surface area contributed by atoms with Gasteiger partial charge in [-0.2, -0.15) is 0 Å². The number of hydrogen-bond donors (Lipinski definition) is 2. The highest BCUT2D eigenvalue weighted by Crippen LogP contribution is 2.33. The smallest absolute Gasteiger partial charge is 0.258 e. The lowest BCUT2D eigenvalue weighted by Crippen LogP contribution is -2.37. The van der Waals surface area contributed by atoms with Crippen LogP contribution >= 0.6 is 0 Å². The molecule has 2 atom stereocenters. The standard InChI is InChI=1S/C25H27N3O4/c1-31-21-12-11-16(15-22(21)32-2)13-14-26-24(29)18-8-4-3-7-17(18)23-27-20-10-6-5-9-19(20)25(30)28-23/h3-6,9-12,15,17-18H,7-8,13-14H2,1-2H3,(H,26,29)(H,27,28,30)/t17-,18+/m0/s1. The van der Waals surface area contributed by atoms with Gasteiger partial charge in [0.2, 0.25) is 5.91 Å². The second-order valence-electron chi connectivity index (χ2n) is 7.85. The van der Waals surface area contributed by atoms with E-state index in [9.17, 15) is 9.59 Å². The monoisotopic (exact) mass is 433 g/mol. The largest absolute Gasteiger partial charge is 0.493 e. The highest BCUT2D eigenvalue weighted by molar-refractivity contribution is 5.80. The molecule has 1 aliphatic carbocycles. The number of hydrogen-bond acceptors (Lipinski definition) is 5. The molecule has 7 heteroatoms. The Balaban J connectivity index is 1.46. The average molecular weight is 434 g/mol. The number of H-pyrrole nitrogens is 1. The number of rotatable bonds is 7. The van der Waals surface area contributed by atoms with E-state index in [1.165, 1.54) is 0 Å². The fraction of sp³-hybridized carbons (Fsp3) is 0.320. The molecule has 0 fully saturated rings. The van der Waals surface area contributed by atoms with E-state index in [4.69, 9.17) is 9.47 Å². The number of carbonyl (C=O) groups excluding carboxylic acids is 1. The summed E-state index contributed by atoms with van der Waals surface area (Å²) in [6.07, 6.45) is 6.02. The van der Waals surface area contributed by atoms with Crippen molar-refractivity contribution in [3.8, 4) is 11.5 Å². The predicted molar refractivity (Wildman–Crippen MR) is 123 cm³/mol. The van der Waals surface area contributed by atoms with Gasteiger partial charge in [0, 0.05) is 12.5 Å². The van der Waals surface area contributed by atoms with Gasteiger partial charge in [-0.1, -0.05) is 30.4 Å². The molecule has 7 nitrogen and oxygen atoms in total. The Morgan fingerprint density at radius 3 is 2.69 bits per heavy atom. The van der Waals surface area contributed by atoms with Crippen LogP contribution in [0.25, 0.3) is 10.9 Å². The number of para-hydroxylation sites is 1. The summed E-state index contributed by atoms with van der Waals surface area (Å²) in [4.78, 5) is 33.1. The highest BCUT2D eigenvalue weighted by atomic mass is 16.5. The number of nitrogens with one attached hydrogen (secondary N) is 2. The number of fused-ring (bicyclic) bond motifs is 1. The van der Waals surface area contributed by atoms with E-state index >= 15 is 0 Å². The van der Waals surface area contributed by atoms with Crippen LogP contribution in [0.4, 0.5) is 0 Å². The number of methoxy groups -OCH3 is 2. The minimum atomic E-state index is -0.283. The summed E-state index contributed by atoms with van der Waals surface area (Å²) < 4.78 is 10.6. The van der Waals surface area contributed by atoms with Gasteiger partial charge >= 0.3 is 0 Å². The van der Waals surface area contributed by atoms with Crippen molar-refractivity contribution < 1.29 is 14.3 Å². The summed E-state index contributed by atoms with van der Waals surface area (Å²) in [5.74, 6) is 1.43. The van der Waals surface area contributed by atoms with Crippen molar-refractivity contribution in [2.75, 3.05) is 20.8 Å². The summed E-state index contributed by atoms with van der Waals surface area (Å²) in [5.41, 5.74) is 1.52. The Kier molecular flexibility index (Phi) is 6.54. The van der Waals surface area contributed by atoms with Crippen LogP contribution in [-0.4, -0.2) is 36.6 Å². The van der Waals surface area contributed by atoms with Crippen molar-refractivity contribution in [3.05, 3.63) is 76.4 Å². The van der Waals surface area contributed by atoms with Gasteiger partial charge in [-0.05, 0) is 49.1 Å². The highest BCUT2D eigenvalue weighted by Gasteiger charge is 2.31. The Labute approximate surface area is 186 Å². The Hall–Kier alpha value is -3.61. The number of aromatic amines is 1. The van der Waals surface area contributed by atoms with Crippen LogP contribution in [0.1, 0.15) is 30.1 Å². The average Bonchev–Trinajstić information content (AvgIpc) is 2.83. The van der Waals surface area contributed by atoms with Gasteiger partial charge in [0.1, 0.15) is 5.82 Å². The van der Waals surface area contributed by atoms with Crippen LogP contribution in [-0.2, 0) is 11.2 Å². The zero-order valence-corrected chi connectivity index (χ0v) is 18.3. The third-order valence-corrected chi connectivity index (χ3v) is 5.91. The van der Waals surface area contributed by atoms with Crippen molar-refractivity contribution in [2.24, 2.45) is 5.92 Å². The van der Waals surface area contributed by atoms with Crippen LogP contribution in [0.15, 0.2) is 59.4 Å². The number of aromatic nitrogens is 2. The number of ether oxygens (including phenoxy) is 2. The third kappa shape index (κ3) is 4.51. The lowest BCUT2D eigenvalue weighted by molar-refractivity contribution is -0.125. The molecule has 0 spiro atoms. The van der Waals surface area contributed by atoms with Crippen molar-refractivity contribution in [1.29, 1.82) is 0 Å². The molecule has 32 heavy (non-hydrogen) atoms. The summed E-state index contributed by atoms with van der Waals surface area (Å²) in [6.45, 7) is 0.503. The summed E-state index contributed by atoms with van der Waals surface area (Å²) in [7, 11) is 3.20. The van der Waals surface area contributed by atoms with Crippen molar-refractivity contribution in [1.82, 2.24) is 15.3 Å². The molecular weight excluding hydrogens is 406 g/mol. The van der Waals surface area contributed by atoms with E-state index in [2.05, 4.69) is 15.3 Å².